The number of likely N-dealkylation sites (tertiary alicyclic amines) is 1. The zero-order valence-electron chi connectivity index (χ0n) is 14.8. The van der Waals surface area contributed by atoms with Crippen LogP contribution in [0.15, 0.2) is 40.2 Å². The van der Waals surface area contributed by atoms with Crippen molar-refractivity contribution in [1.82, 2.24) is 15.5 Å². The molecular weight excluding hydrogens is 431 g/mol. The van der Waals surface area contributed by atoms with E-state index in [1.807, 2.05) is 11.8 Å². The van der Waals surface area contributed by atoms with Crippen LogP contribution in [0.5, 0.6) is 0 Å². The van der Waals surface area contributed by atoms with Gasteiger partial charge in [0.15, 0.2) is 5.96 Å². The van der Waals surface area contributed by atoms with Gasteiger partial charge in [0, 0.05) is 36.8 Å². The SMILES string of the molecule is CCNC(=NCC1CCCN(C)C1)NCCSc1ccccc1.I. The quantitative estimate of drug-likeness (QED) is 0.215. The molecule has 1 aliphatic heterocycles. The molecule has 2 N–H and O–H groups in total. The van der Waals surface area contributed by atoms with Crippen LogP contribution in [0.3, 0.4) is 0 Å². The minimum atomic E-state index is 0. The van der Waals surface area contributed by atoms with Gasteiger partial charge >= 0.3 is 0 Å². The van der Waals surface area contributed by atoms with Crippen LogP contribution >= 0.6 is 35.7 Å². The van der Waals surface area contributed by atoms with Crippen LogP contribution in [0.1, 0.15) is 19.8 Å². The molecular formula is C18H31IN4S. The number of rotatable bonds is 7. The van der Waals surface area contributed by atoms with Crippen molar-refractivity contribution in [3.05, 3.63) is 30.3 Å². The number of hydrogen-bond acceptors (Lipinski definition) is 3. The van der Waals surface area contributed by atoms with Gasteiger partial charge in [-0.1, -0.05) is 18.2 Å². The molecule has 0 spiro atoms. The van der Waals surface area contributed by atoms with Gasteiger partial charge in [-0.15, -0.1) is 35.7 Å². The van der Waals surface area contributed by atoms with Crippen LogP contribution in [0.25, 0.3) is 0 Å². The first-order valence-corrected chi connectivity index (χ1v) is 9.65. The molecule has 0 radical (unpaired) electrons. The molecule has 1 heterocycles. The van der Waals surface area contributed by atoms with E-state index in [2.05, 4.69) is 59.8 Å². The highest BCUT2D eigenvalue weighted by Gasteiger charge is 2.16. The zero-order valence-corrected chi connectivity index (χ0v) is 18.0. The molecule has 1 aromatic rings. The fourth-order valence-corrected chi connectivity index (χ4v) is 3.63. The number of piperidine rings is 1. The van der Waals surface area contributed by atoms with Crippen LogP contribution in [-0.2, 0) is 0 Å². The van der Waals surface area contributed by atoms with Crippen molar-refractivity contribution in [1.29, 1.82) is 0 Å². The predicted octanol–water partition coefficient (Wildman–Crippen LogP) is 3.29. The molecule has 0 aliphatic carbocycles. The molecule has 4 nitrogen and oxygen atoms in total. The second kappa shape index (κ2) is 12.8. The van der Waals surface area contributed by atoms with E-state index in [-0.39, 0.29) is 24.0 Å². The maximum absolute atomic E-state index is 4.77. The van der Waals surface area contributed by atoms with E-state index in [0.29, 0.717) is 5.92 Å². The third-order valence-electron chi connectivity index (χ3n) is 3.98. The van der Waals surface area contributed by atoms with Crippen molar-refractivity contribution in [3.63, 3.8) is 0 Å². The Morgan fingerprint density at radius 1 is 1.29 bits per heavy atom. The molecule has 1 unspecified atom stereocenters. The molecule has 136 valence electrons. The number of hydrogen-bond donors (Lipinski definition) is 2. The van der Waals surface area contributed by atoms with Crippen molar-refractivity contribution >= 4 is 41.7 Å². The van der Waals surface area contributed by atoms with Crippen molar-refractivity contribution in [3.8, 4) is 0 Å². The molecule has 0 bridgehead atoms. The Hall–Kier alpha value is -0.470. The average molecular weight is 462 g/mol. The lowest BCUT2D eigenvalue weighted by molar-refractivity contribution is 0.214. The van der Waals surface area contributed by atoms with E-state index in [1.54, 1.807) is 0 Å². The minimum absolute atomic E-state index is 0. The zero-order chi connectivity index (χ0) is 16.3. The van der Waals surface area contributed by atoms with Gasteiger partial charge < -0.3 is 15.5 Å². The molecule has 0 amide bonds. The van der Waals surface area contributed by atoms with Gasteiger partial charge in [-0.05, 0) is 51.4 Å². The van der Waals surface area contributed by atoms with Gasteiger partial charge in [-0.3, -0.25) is 4.99 Å². The number of thioether (sulfide) groups is 1. The third-order valence-corrected chi connectivity index (χ3v) is 4.99. The Balaban J connectivity index is 0.00000288. The summed E-state index contributed by atoms with van der Waals surface area (Å²) in [5, 5.41) is 6.79. The van der Waals surface area contributed by atoms with Crippen molar-refractivity contribution in [2.75, 3.05) is 45.5 Å². The fraction of sp³-hybridized carbons (Fsp3) is 0.611. The van der Waals surface area contributed by atoms with Crippen LogP contribution in [-0.4, -0.2) is 56.4 Å². The summed E-state index contributed by atoms with van der Waals surface area (Å²) >= 11 is 1.87. The van der Waals surface area contributed by atoms with Gasteiger partial charge in [0.1, 0.15) is 0 Å². The van der Waals surface area contributed by atoms with Crippen molar-refractivity contribution in [2.24, 2.45) is 10.9 Å². The molecule has 0 saturated carbocycles. The maximum Gasteiger partial charge on any atom is 0.191 e. The lowest BCUT2D eigenvalue weighted by Gasteiger charge is -2.28. The van der Waals surface area contributed by atoms with Gasteiger partial charge in [-0.2, -0.15) is 0 Å². The molecule has 1 saturated heterocycles. The van der Waals surface area contributed by atoms with Crippen LogP contribution in [0, 0.1) is 5.92 Å². The van der Waals surface area contributed by atoms with E-state index >= 15 is 0 Å². The number of nitrogens with one attached hydrogen (secondary N) is 2. The molecule has 1 aromatic carbocycles. The van der Waals surface area contributed by atoms with Crippen LogP contribution in [0.2, 0.25) is 0 Å². The first-order chi connectivity index (χ1) is 11.3. The van der Waals surface area contributed by atoms with E-state index in [1.165, 1.54) is 30.8 Å². The van der Waals surface area contributed by atoms with E-state index < -0.39 is 0 Å². The molecule has 2 rings (SSSR count). The Morgan fingerprint density at radius 3 is 2.79 bits per heavy atom. The van der Waals surface area contributed by atoms with E-state index in [4.69, 9.17) is 4.99 Å². The summed E-state index contributed by atoms with van der Waals surface area (Å²) in [6.07, 6.45) is 2.60. The summed E-state index contributed by atoms with van der Waals surface area (Å²) in [7, 11) is 2.21. The molecule has 1 atom stereocenters. The lowest BCUT2D eigenvalue weighted by atomic mass is 9.99. The van der Waals surface area contributed by atoms with Crippen LogP contribution in [0.4, 0.5) is 0 Å². The standard InChI is InChI=1S/C18H30N4S.HI/c1-3-19-18(21-14-16-8-7-12-22(2)15-16)20-11-13-23-17-9-5-4-6-10-17;/h4-6,9-10,16H,3,7-8,11-15H2,1-2H3,(H2,19,20,21);1H. The summed E-state index contributed by atoms with van der Waals surface area (Å²) in [6, 6.07) is 10.5. The molecule has 24 heavy (non-hydrogen) atoms. The lowest BCUT2D eigenvalue weighted by Crippen LogP contribution is -2.39. The van der Waals surface area contributed by atoms with E-state index in [0.717, 1.165) is 31.3 Å². The Bertz CT molecular complexity index is 469. The van der Waals surface area contributed by atoms with E-state index in [9.17, 15) is 0 Å². The van der Waals surface area contributed by atoms with Crippen molar-refractivity contribution in [2.45, 2.75) is 24.7 Å². The highest BCUT2D eigenvalue weighted by Crippen LogP contribution is 2.16. The fourth-order valence-electron chi connectivity index (χ4n) is 2.84. The Labute approximate surface area is 168 Å². The summed E-state index contributed by atoms with van der Waals surface area (Å²) in [6.45, 7) is 7.27. The first-order valence-electron chi connectivity index (χ1n) is 8.66. The highest BCUT2D eigenvalue weighted by molar-refractivity contribution is 14.0. The van der Waals surface area contributed by atoms with Gasteiger partial charge in [0.25, 0.3) is 0 Å². The predicted molar refractivity (Wildman–Crippen MR) is 117 cm³/mol. The number of halogens is 1. The topological polar surface area (TPSA) is 39.7 Å². The number of guanidine groups is 1. The van der Waals surface area contributed by atoms with Crippen LogP contribution < -0.4 is 10.6 Å². The van der Waals surface area contributed by atoms with Gasteiger partial charge in [0.05, 0.1) is 0 Å². The number of nitrogens with zero attached hydrogens (tertiary/aromatic N) is 2. The smallest absolute Gasteiger partial charge is 0.191 e. The van der Waals surface area contributed by atoms with Gasteiger partial charge in [-0.25, -0.2) is 0 Å². The summed E-state index contributed by atoms with van der Waals surface area (Å²) in [4.78, 5) is 8.51. The number of benzene rings is 1. The maximum atomic E-state index is 4.77. The normalized spacial score (nSPS) is 18.8. The molecule has 6 heteroatoms. The van der Waals surface area contributed by atoms with Crippen molar-refractivity contribution < 1.29 is 0 Å². The monoisotopic (exact) mass is 462 g/mol. The minimum Gasteiger partial charge on any atom is -0.357 e. The Kier molecular flexibility index (Phi) is 11.5. The summed E-state index contributed by atoms with van der Waals surface area (Å²) in [5.74, 6) is 2.69. The third kappa shape index (κ3) is 8.58. The highest BCUT2D eigenvalue weighted by atomic mass is 127. The second-order valence-corrected chi connectivity index (χ2v) is 7.25. The first kappa shape index (κ1) is 21.6. The molecule has 1 fully saturated rings. The summed E-state index contributed by atoms with van der Waals surface area (Å²) < 4.78 is 0. The largest absolute Gasteiger partial charge is 0.357 e. The molecule has 0 aromatic heterocycles. The Morgan fingerprint density at radius 2 is 2.08 bits per heavy atom. The number of aliphatic imine (C=N–C) groups is 1. The summed E-state index contributed by atoms with van der Waals surface area (Å²) in [5.41, 5.74) is 0. The van der Waals surface area contributed by atoms with Gasteiger partial charge in [0.2, 0.25) is 0 Å². The average Bonchev–Trinajstić information content (AvgIpc) is 2.57. The second-order valence-electron chi connectivity index (χ2n) is 6.08. The molecule has 1 aliphatic rings.